The summed E-state index contributed by atoms with van der Waals surface area (Å²) in [4.78, 5) is 2.01. The van der Waals surface area contributed by atoms with Crippen LogP contribution in [-0.4, -0.2) is 37.3 Å². The van der Waals surface area contributed by atoms with Crippen molar-refractivity contribution in [1.82, 2.24) is 4.90 Å². The molecule has 1 aromatic rings. The lowest BCUT2D eigenvalue weighted by molar-refractivity contribution is 0.130. The summed E-state index contributed by atoms with van der Waals surface area (Å²) in [5.74, 6) is 0.0205. The molecular formula is C15H24FNO2. The fourth-order valence-electron chi connectivity index (χ4n) is 2.42. The van der Waals surface area contributed by atoms with E-state index >= 15 is 0 Å². The van der Waals surface area contributed by atoms with Crippen molar-refractivity contribution in [2.24, 2.45) is 5.92 Å². The third-order valence-corrected chi connectivity index (χ3v) is 3.36. The summed E-state index contributed by atoms with van der Waals surface area (Å²) in [7, 11) is 3.88. The predicted molar refractivity (Wildman–Crippen MR) is 74.9 cm³/mol. The highest BCUT2D eigenvalue weighted by atomic mass is 19.1. The second kappa shape index (κ2) is 7.46. The van der Waals surface area contributed by atoms with Crippen LogP contribution in [0.1, 0.15) is 31.9 Å². The van der Waals surface area contributed by atoms with E-state index in [1.54, 1.807) is 6.07 Å². The summed E-state index contributed by atoms with van der Waals surface area (Å²) in [6.45, 7) is 4.40. The van der Waals surface area contributed by atoms with Gasteiger partial charge in [-0.3, -0.25) is 0 Å². The van der Waals surface area contributed by atoms with Gasteiger partial charge < -0.3 is 14.7 Å². The molecule has 1 N–H and O–H groups in total. The van der Waals surface area contributed by atoms with E-state index in [1.807, 2.05) is 38.9 Å². The lowest BCUT2D eigenvalue weighted by Crippen LogP contribution is -2.29. The van der Waals surface area contributed by atoms with Crippen LogP contribution in [0, 0.1) is 11.7 Å². The lowest BCUT2D eigenvalue weighted by Gasteiger charge is -2.31. The van der Waals surface area contributed by atoms with Crippen LogP contribution in [0.15, 0.2) is 18.2 Å². The van der Waals surface area contributed by atoms with E-state index < -0.39 is 0 Å². The summed E-state index contributed by atoms with van der Waals surface area (Å²) in [5, 5.41) is 9.47. The average Bonchev–Trinajstić information content (AvgIpc) is 2.38. The van der Waals surface area contributed by atoms with Crippen molar-refractivity contribution in [1.29, 1.82) is 0 Å². The van der Waals surface area contributed by atoms with Crippen molar-refractivity contribution in [3.63, 3.8) is 0 Å². The summed E-state index contributed by atoms with van der Waals surface area (Å²) in [6, 6.07) is 5.04. The van der Waals surface area contributed by atoms with Gasteiger partial charge in [0, 0.05) is 18.6 Å². The normalized spacial score (nSPS) is 14.5. The molecule has 2 unspecified atom stereocenters. The van der Waals surface area contributed by atoms with Crippen molar-refractivity contribution < 1.29 is 14.2 Å². The number of aliphatic hydroxyl groups is 1. The molecule has 0 radical (unpaired) electrons. The topological polar surface area (TPSA) is 32.7 Å². The molecule has 0 spiro atoms. The molecule has 0 aliphatic rings. The summed E-state index contributed by atoms with van der Waals surface area (Å²) in [6.07, 6.45) is 0.841. The first-order chi connectivity index (χ1) is 9.04. The minimum atomic E-state index is -0.348. The van der Waals surface area contributed by atoms with Gasteiger partial charge in [0.2, 0.25) is 0 Å². The minimum absolute atomic E-state index is 0.000163. The monoisotopic (exact) mass is 269 g/mol. The number of benzene rings is 1. The second-order valence-electron chi connectivity index (χ2n) is 4.88. The van der Waals surface area contributed by atoms with Gasteiger partial charge in [-0.15, -0.1) is 0 Å². The van der Waals surface area contributed by atoms with Gasteiger partial charge in [0.25, 0.3) is 0 Å². The van der Waals surface area contributed by atoms with Gasteiger partial charge >= 0.3 is 0 Å². The van der Waals surface area contributed by atoms with E-state index in [2.05, 4.69) is 0 Å². The number of ether oxygens (including phenoxy) is 1. The highest BCUT2D eigenvalue weighted by molar-refractivity contribution is 5.31. The zero-order valence-electron chi connectivity index (χ0n) is 12.2. The Morgan fingerprint density at radius 1 is 1.32 bits per heavy atom. The Morgan fingerprint density at radius 3 is 2.42 bits per heavy atom. The molecule has 2 atom stereocenters. The van der Waals surface area contributed by atoms with Gasteiger partial charge in [0.15, 0.2) is 11.6 Å². The standard InChI is InChI=1S/C15H24FNO2/c1-5-11(10-18)15(17(3)4)12-7-8-14(19-6-2)13(16)9-12/h7-9,11,15,18H,5-6,10H2,1-4H3. The smallest absolute Gasteiger partial charge is 0.165 e. The molecule has 0 bridgehead atoms. The Balaban J connectivity index is 3.06. The Morgan fingerprint density at radius 2 is 2.00 bits per heavy atom. The molecule has 3 nitrogen and oxygen atoms in total. The molecule has 4 heteroatoms. The summed E-state index contributed by atoms with van der Waals surface area (Å²) < 4.78 is 19.1. The highest BCUT2D eigenvalue weighted by Crippen LogP contribution is 2.31. The zero-order chi connectivity index (χ0) is 14.4. The van der Waals surface area contributed by atoms with Crippen LogP contribution in [0.3, 0.4) is 0 Å². The number of hydrogen-bond donors (Lipinski definition) is 1. The largest absolute Gasteiger partial charge is 0.491 e. The van der Waals surface area contributed by atoms with Gasteiger partial charge in [0.05, 0.1) is 6.61 Å². The van der Waals surface area contributed by atoms with Crippen molar-refractivity contribution >= 4 is 0 Å². The fourth-order valence-corrected chi connectivity index (χ4v) is 2.42. The van der Waals surface area contributed by atoms with E-state index in [-0.39, 0.29) is 30.1 Å². The Kier molecular flexibility index (Phi) is 6.25. The maximum Gasteiger partial charge on any atom is 0.165 e. The molecule has 0 amide bonds. The van der Waals surface area contributed by atoms with E-state index in [4.69, 9.17) is 4.74 Å². The number of hydrogen-bond acceptors (Lipinski definition) is 3. The van der Waals surface area contributed by atoms with Crippen LogP contribution in [0.4, 0.5) is 4.39 Å². The molecule has 0 fully saturated rings. The van der Waals surface area contributed by atoms with Crippen LogP contribution in [-0.2, 0) is 0 Å². The third kappa shape index (κ3) is 3.91. The van der Waals surface area contributed by atoms with Crippen molar-refractivity contribution in [3.05, 3.63) is 29.6 Å². The van der Waals surface area contributed by atoms with Gasteiger partial charge in [0.1, 0.15) is 0 Å². The first-order valence-electron chi connectivity index (χ1n) is 6.74. The van der Waals surface area contributed by atoms with Gasteiger partial charge in [-0.25, -0.2) is 4.39 Å². The van der Waals surface area contributed by atoms with Crippen molar-refractivity contribution in [3.8, 4) is 5.75 Å². The fraction of sp³-hybridized carbons (Fsp3) is 0.600. The predicted octanol–water partition coefficient (Wildman–Crippen LogP) is 2.85. The molecule has 19 heavy (non-hydrogen) atoms. The number of halogens is 1. The summed E-state index contributed by atoms with van der Waals surface area (Å²) in [5.41, 5.74) is 0.867. The SMILES string of the molecule is CCOc1ccc(C(C(CC)CO)N(C)C)cc1F. The number of aliphatic hydroxyl groups excluding tert-OH is 1. The molecule has 108 valence electrons. The maximum absolute atomic E-state index is 13.9. The van der Waals surface area contributed by atoms with Gasteiger partial charge in [-0.1, -0.05) is 13.0 Å². The van der Waals surface area contributed by atoms with Gasteiger partial charge in [-0.2, -0.15) is 0 Å². The van der Waals surface area contributed by atoms with E-state index in [9.17, 15) is 9.50 Å². The molecule has 0 saturated carbocycles. The molecule has 0 aromatic heterocycles. The quantitative estimate of drug-likeness (QED) is 0.826. The Bertz CT molecular complexity index is 392. The molecule has 1 aromatic carbocycles. The summed E-state index contributed by atoms with van der Waals surface area (Å²) >= 11 is 0. The number of rotatable bonds is 7. The third-order valence-electron chi connectivity index (χ3n) is 3.36. The molecule has 0 saturated heterocycles. The first kappa shape index (κ1) is 15.9. The molecule has 0 aliphatic heterocycles. The van der Waals surface area contributed by atoms with Gasteiger partial charge in [-0.05, 0) is 45.1 Å². The van der Waals surface area contributed by atoms with E-state index in [0.717, 1.165) is 12.0 Å². The van der Waals surface area contributed by atoms with Crippen LogP contribution in [0.2, 0.25) is 0 Å². The molecule has 0 aliphatic carbocycles. The first-order valence-corrected chi connectivity index (χ1v) is 6.74. The van der Waals surface area contributed by atoms with Crippen LogP contribution in [0.25, 0.3) is 0 Å². The van der Waals surface area contributed by atoms with Crippen LogP contribution in [0.5, 0.6) is 5.75 Å². The Hall–Kier alpha value is -1.13. The molecular weight excluding hydrogens is 245 g/mol. The molecule has 0 heterocycles. The zero-order valence-corrected chi connectivity index (χ0v) is 12.2. The van der Waals surface area contributed by atoms with Crippen molar-refractivity contribution in [2.75, 3.05) is 27.3 Å². The van der Waals surface area contributed by atoms with Crippen LogP contribution >= 0.6 is 0 Å². The average molecular weight is 269 g/mol. The Labute approximate surface area is 115 Å². The van der Waals surface area contributed by atoms with E-state index in [0.29, 0.717) is 6.61 Å². The number of nitrogens with zero attached hydrogens (tertiary/aromatic N) is 1. The van der Waals surface area contributed by atoms with Crippen LogP contribution < -0.4 is 4.74 Å². The highest BCUT2D eigenvalue weighted by Gasteiger charge is 2.24. The lowest BCUT2D eigenvalue weighted by atomic mass is 9.90. The van der Waals surface area contributed by atoms with Crippen molar-refractivity contribution in [2.45, 2.75) is 26.3 Å². The van der Waals surface area contributed by atoms with E-state index in [1.165, 1.54) is 6.07 Å². The molecule has 1 rings (SSSR count). The minimum Gasteiger partial charge on any atom is -0.491 e. The second-order valence-corrected chi connectivity index (χ2v) is 4.88. The maximum atomic E-state index is 13.9.